The molecule has 1 saturated heterocycles. The van der Waals surface area contributed by atoms with Gasteiger partial charge in [0.25, 0.3) is 0 Å². The number of rotatable bonds is 6. The Bertz CT molecular complexity index is 405. The van der Waals surface area contributed by atoms with E-state index in [1.54, 1.807) is 12.1 Å². The zero-order chi connectivity index (χ0) is 13.7. The first-order chi connectivity index (χ1) is 9.24. The average Bonchev–Trinajstić information content (AvgIpc) is 2.92. The van der Waals surface area contributed by atoms with Crippen LogP contribution in [0, 0.1) is 5.82 Å². The van der Waals surface area contributed by atoms with E-state index in [2.05, 4.69) is 17.1 Å². The van der Waals surface area contributed by atoms with Crippen LogP contribution in [0.25, 0.3) is 0 Å². The van der Waals surface area contributed by atoms with Crippen LogP contribution in [-0.2, 0) is 6.54 Å². The summed E-state index contributed by atoms with van der Waals surface area (Å²) < 4.78 is 18.7. The molecule has 3 nitrogen and oxygen atoms in total. The standard InChI is InChI=1S/C15H23FN2O/c1-3-8-18(13-6-7-17-10-13)11-12-4-5-15(19-2)14(16)9-12/h4-5,9,13,17H,3,6-8,10-11H2,1-2H3. The third-order valence-electron chi connectivity index (χ3n) is 3.66. The molecular weight excluding hydrogens is 243 g/mol. The quantitative estimate of drug-likeness (QED) is 0.855. The van der Waals surface area contributed by atoms with Crippen molar-refractivity contribution in [1.82, 2.24) is 10.2 Å². The molecule has 0 amide bonds. The van der Waals surface area contributed by atoms with E-state index in [4.69, 9.17) is 4.74 Å². The van der Waals surface area contributed by atoms with Gasteiger partial charge in [-0.2, -0.15) is 0 Å². The van der Waals surface area contributed by atoms with Crippen molar-refractivity contribution >= 4 is 0 Å². The van der Waals surface area contributed by atoms with Gasteiger partial charge in [0.15, 0.2) is 11.6 Å². The minimum Gasteiger partial charge on any atom is -0.494 e. The van der Waals surface area contributed by atoms with Gasteiger partial charge in [-0.05, 0) is 43.6 Å². The summed E-state index contributed by atoms with van der Waals surface area (Å²) in [4.78, 5) is 2.45. The zero-order valence-electron chi connectivity index (χ0n) is 11.8. The van der Waals surface area contributed by atoms with Gasteiger partial charge in [0.05, 0.1) is 7.11 Å². The van der Waals surface area contributed by atoms with Crippen molar-refractivity contribution in [2.24, 2.45) is 0 Å². The molecule has 1 aromatic carbocycles. The molecule has 1 aliphatic heterocycles. The van der Waals surface area contributed by atoms with Gasteiger partial charge < -0.3 is 10.1 Å². The van der Waals surface area contributed by atoms with Crippen LogP contribution in [0.2, 0.25) is 0 Å². The van der Waals surface area contributed by atoms with E-state index >= 15 is 0 Å². The summed E-state index contributed by atoms with van der Waals surface area (Å²) in [5, 5.41) is 3.39. The molecule has 0 spiro atoms. The molecule has 0 saturated carbocycles. The highest BCUT2D eigenvalue weighted by molar-refractivity contribution is 5.29. The summed E-state index contributed by atoms with van der Waals surface area (Å²) in [5.74, 6) is 0.0364. The first-order valence-electron chi connectivity index (χ1n) is 7.01. The van der Waals surface area contributed by atoms with Crippen molar-refractivity contribution in [3.05, 3.63) is 29.6 Å². The minimum absolute atomic E-state index is 0.277. The van der Waals surface area contributed by atoms with Gasteiger partial charge in [-0.15, -0.1) is 0 Å². The molecule has 1 atom stereocenters. The fourth-order valence-corrected chi connectivity index (χ4v) is 2.67. The molecule has 1 N–H and O–H groups in total. The van der Waals surface area contributed by atoms with Crippen molar-refractivity contribution in [3.8, 4) is 5.75 Å². The molecule has 0 radical (unpaired) electrons. The third-order valence-corrected chi connectivity index (χ3v) is 3.66. The molecule has 1 aliphatic rings. The second kappa shape index (κ2) is 6.87. The normalized spacial score (nSPS) is 19.1. The van der Waals surface area contributed by atoms with Crippen molar-refractivity contribution in [1.29, 1.82) is 0 Å². The monoisotopic (exact) mass is 266 g/mol. The smallest absolute Gasteiger partial charge is 0.165 e. The molecule has 0 aliphatic carbocycles. The number of nitrogens with one attached hydrogen (secondary N) is 1. The highest BCUT2D eigenvalue weighted by Gasteiger charge is 2.21. The van der Waals surface area contributed by atoms with Crippen LogP contribution in [0.5, 0.6) is 5.75 Å². The molecule has 19 heavy (non-hydrogen) atoms. The summed E-state index contributed by atoms with van der Waals surface area (Å²) in [5.41, 5.74) is 1.01. The second-order valence-electron chi connectivity index (χ2n) is 5.09. The predicted molar refractivity (Wildman–Crippen MR) is 74.9 cm³/mol. The molecule has 0 bridgehead atoms. The van der Waals surface area contributed by atoms with Gasteiger partial charge in [-0.1, -0.05) is 13.0 Å². The maximum atomic E-state index is 13.7. The van der Waals surface area contributed by atoms with Crippen LogP contribution in [0.15, 0.2) is 18.2 Å². The molecule has 1 unspecified atom stereocenters. The van der Waals surface area contributed by atoms with Gasteiger partial charge in [-0.25, -0.2) is 4.39 Å². The molecule has 1 heterocycles. The lowest BCUT2D eigenvalue weighted by Crippen LogP contribution is -2.36. The Kier molecular flexibility index (Phi) is 5.16. The SMILES string of the molecule is CCCN(Cc1ccc(OC)c(F)c1)C1CCNC1. The number of methoxy groups -OCH3 is 1. The summed E-state index contributed by atoms with van der Waals surface area (Å²) in [6.45, 7) is 6.17. The lowest BCUT2D eigenvalue weighted by Gasteiger charge is -2.28. The van der Waals surface area contributed by atoms with Gasteiger partial charge in [0, 0.05) is 19.1 Å². The topological polar surface area (TPSA) is 24.5 Å². The summed E-state index contributed by atoms with van der Waals surface area (Å²) >= 11 is 0. The molecule has 106 valence electrons. The van der Waals surface area contributed by atoms with Crippen molar-refractivity contribution < 1.29 is 9.13 Å². The summed E-state index contributed by atoms with van der Waals surface area (Å²) in [6.07, 6.45) is 2.30. The summed E-state index contributed by atoms with van der Waals surface area (Å²) in [6, 6.07) is 5.82. The average molecular weight is 266 g/mol. The third kappa shape index (κ3) is 3.67. The van der Waals surface area contributed by atoms with E-state index in [9.17, 15) is 4.39 Å². The minimum atomic E-state index is -0.277. The van der Waals surface area contributed by atoms with Crippen LogP contribution in [0.3, 0.4) is 0 Å². The van der Waals surface area contributed by atoms with E-state index in [1.165, 1.54) is 13.5 Å². The Labute approximate surface area is 114 Å². The number of nitrogens with zero attached hydrogens (tertiary/aromatic N) is 1. The van der Waals surface area contributed by atoms with Crippen LogP contribution in [0.4, 0.5) is 4.39 Å². The van der Waals surface area contributed by atoms with Crippen LogP contribution < -0.4 is 10.1 Å². The first-order valence-corrected chi connectivity index (χ1v) is 7.01. The fraction of sp³-hybridized carbons (Fsp3) is 0.600. The lowest BCUT2D eigenvalue weighted by atomic mass is 10.1. The Morgan fingerprint density at radius 1 is 1.47 bits per heavy atom. The van der Waals surface area contributed by atoms with E-state index < -0.39 is 0 Å². The first kappa shape index (κ1) is 14.3. The molecule has 4 heteroatoms. The van der Waals surface area contributed by atoms with Gasteiger partial charge in [-0.3, -0.25) is 4.90 Å². The highest BCUT2D eigenvalue weighted by atomic mass is 19.1. The second-order valence-corrected chi connectivity index (χ2v) is 5.09. The van der Waals surface area contributed by atoms with Gasteiger partial charge in [0.1, 0.15) is 0 Å². The van der Waals surface area contributed by atoms with Crippen LogP contribution in [0.1, 0.15) is 25.3 Å². The number of benzene rings is 1. The van der Waals surface area contributed by atoms with Crippen molar-refractivity contribution in [2.45, 2.75) is 32.4 Å². The Hall–Kier alpha value is -1.13. The molecule has 2 rings (SSSR count). The van der Waals surface area contributed by atoms with Crippen molar-refractivity contribution in [2.75, 3.05) is 26.7 Å². The highest BCUT2D eigenvalue weighted by Crippen LogP contribution is 2.20. The number of hydrogen-bond acceptors (Lipinski definition) is 3. The Morgan fingerprint density at radius 2 is 2.32 bits per heavy atom. The van der Waals surface area contributed by atoms with E-state index in [0.717, 1.165) is 38.2 Å². The largest absolute Gasteiger partial charge is 0.494 e. The molecule has 1 fully saturated rings. The van der Waals surface area contributed by atoms with E-state index in [1.807, 2.05) is 6.07 Å². The number of halogens is 1. The maximum Gasteiger partial charge on any atom is 0.165 e. The number of hydrogen-bond donors (Lipinski definition) is 1. The predicted octanol–water partition coefficient (Wildman–Crippen LogP) is 2.41. The molecule has 1 aromatic rings. The summed E-state index contributed by atoms with van der Waals surface area (Å²) in [7, 11) is 1.49. The van der Waals surface area contributed by atoms with E-state index in [0.29, 0.717) is 11.8 Å². The van der Waals surface area contributed by atoms with E-state index in [-0.39, 0.29) is 5.82 Å². The molecular formula is C15H23FN2O. The Morgan fingerprint density at radius 3 is 2.89 bits per heavy atom. The van der Waals surface area contributed by atoms with Crippen LogP contribution in [-0.4, -0.2) is 37.7 Å². The zero-order valence-corrected chi connectivity index (χ0v) is 11.8. The number of ether oxygens (including phenoxy) is 1. The lowest BCUT2D eigenvalue weighted by molar-refractivity contribution is 0.199. The maximum absolute atomic E-state index is 13.7. The molecule has 0 aromatic heterocycles. The Balaban J connectivity index is 2.05. The van der Waals surface area contributed by atoms with Gasteiger partial charge >= 0.3 is 0 Å². The fourth-order valence-electron chi connectivity index (χ4n) is 2.67. The van der Waals surface area contributed by atoms with Crippen molar-refractivity contribution in [3.63, 3.8) is 0 Å². The van der Waals surface area contributed by atoms with Crippen LogP contribution >= 0.6 is 0 Å². The van der Waals surface area contributed by atoms with Gasteiger partial charge in [0.2, 0.25) is 0 Å².